The van der Waals surface area contributed by atoms with Crippen LogP contribution in [0.1, 0.15) is 16.7 Å². The Morgan fingerprint density at radius 2 is 1.68 bits per heavy atom. The monoisotopic (exact) mass is 455 g/mol. The number of fused-ring (bicyclic) bond motifs is 1. The van der Waals surface area contributed by atoms with Crippen molar-refractivity contribution in [1.82, 2.24) is 4.90 Å². The number of hydrogen-bond acceptors (Lipinski definition) is 4. The number of halogens is 2. The second-order valence-corrected chi connectivity index (χ2v) is 8.40. The Hall–Kier alpha value is -2.93. The van der Waals surface area contributed by atoms with Crippen LogP contribution in [0.5, 0.6) is 0 Å². The van der Waals surface area contributed by atoms with Crippen molar-refractivity contribution in [3.63, 3.8) is 0 Å². The highest BCUT2D eigenvalue weighted by atomic mass is 35.5. The van der Waals surface area contributed by atoms with Gasteiger partial charge in [0.2, 0.25) is 0 Å². The minimum Gasteiger partial charge on any atom is -0.305 e. The van der Waals surface area contributed by atoms with E-state index in [1.54, 1.807) is 35.2 Å². The average Bonchev–Trinajstić information content (AvgIpc) is 2.97. The van der Waals surface area contributed by atoms with Gasteiger partial charge in [-0.3, -0.25) is 19.8 Å². The largest absolute Gasteiger partial charge is 0.305 e. The van der Waals surface area contributed by atoms with Crippen LogP contribution in [0.15, 0.2) is 66.7 Å². The summed E-state index contributed by atoms with van der Waals surface area (Å²) in [5.41, 5.74) is 1.75. The number of carbonyl (C=O) groups excluding carboxylic acids is 1. The quantitative estimate of drug-likeness (QED) is 0.388. The first-order valence-corrected chi connectivity index (χ1v) is 10.3. The maximum atomic E-state index is 14.0. The molecule has 3 aromatic carbocycles. The van der Waals surface area contributed by atoms with E-state index in [0.717, 1.165) is 16.8 Å². The summed E-state index contributed by atoms with van der Waals surface area (Å²) in [6.07, 6.45) is 0. The van der Waals surface area contributed by atoms with Gasteiger partial charge in [-0.2, -0.15) is 0 Å². The van der Waals surface area contributed by atoms with Gasteiger partial charge in [0, 0.05) is 33.3 Å². The van der Waals surface area contributed by atoms with Crippen molar-refractivity contribution in [3.05, 3.63) is 104 Å². The minimum atomic E-state index is -1.15. The molecule has 0 radical (unpaired) electrons. The maximum Gasteiger partial charge on any atom is 0.269 e. The number of carbonyl (C=O) groups is 1. The lowest BCUT2D eigenvalue weighted by Gasteiger charge is -2.36. The molecule has 1 unspecified atom stereocenters. The molecular formula is C23H19Cl2N3O3. The van der Waals surface area contributed by atoms with E-state index in [4.69, 9.17) is 23.2 Å². The van der Waals surface area contributed by atoms with Crippen LogP contribution in [0.4, 0.5) is 11.4 Å². The van der Waals surface area contributed by atoms with E-state index in [0.29, 0.717) is 15.6 Å². The van der Waals surface area contributed by atoms with Crippen molar-refractivity contribution in [1.29, 1.82) is 0 Å². The van der Waals surface area contributed by atoms with Crippen molar-refractivity contribution in [3.8, 4) is 0 Å². The van der Waals surface area contributed by atoms with E-state index in [2.05, 4.69) is 0 Å². The van der Waals surface area contributed by atoms with Crippen LogP contribution in [0.25, 0.3) is 0 Å². The summed E-state index contributed by atoms with van der Waals surface area (Å²) in [5.74, 6) is -0.166. The molecule has 0 saturated heterocycles. The predicted octanol–water partition coefficient (Wildman–Crippen LogP) is 5.25. The van der Waals surface area contributed by atoms with Crippen LogP contribution in [-0.2, 0) is 16.9 Å². The van der Waals surface area contributed by atoms with Crippen molar-refractivity contribution < 1.29 is 9.72 Å². The van der Waals surface area contributed by atoms with E-state index in [9.17, 15) is 14.9 Å². The number of nitrogens with zero attached hydrogens (tertiary/aromatic N) is 3. The summed E-state index contributed by atoms with van der Waals surface area (Å²) in [6, 6.07) is 18.8. The molecular weight excluding hydrogens is 437 g/mol. The van der Waals surface area contributed by atoms with E-state index in [1.807, 2.05) is 43.3 Å². The second kappa shape index (κ2) is 7.96. The third kappa shape index (κ3) is 3.37. The van der Waals surface area contributed by atoms with Gasteiger partial charge in [-0.1, -0.05) is 53.5 Å². The molecule has 0 fully saturated rings. The molecule has 31 heavy (non-hydrogen) atoms. The highest BCUT2D eigenvalue weighted by molar-refractivity contribution is 6.32. The molecule has 0 bridgehead atoms. The second-order valence-electron chi connectivity index (χ2n) is 7.56. The van der Waals surface area contributed by atoms with Gasteiger partial charge in [0.15, 0.2) is 5.54 Å². The van der Waals surface area contributed by atoms with E-state index >= 15 is 0 Å². The van der Waals surface area contributed by atoms with Gasteiger partial charge in [-0.25, -0.2) is 0 Å². The lowest BCUT2D eigenvalue weighted by Crippen LogP contribution is -2.50. The molecule has 3 aromatic rings. The minimum absolute atomic E-state index is 0.00221. The smallest absolute Gasteiger partial charge is 0.269 e. The molecule has 1 aliphatic rings. The Bertz CT molecular complexity index is 1180. The first-order chi connectivity index (χ1) is 14.8. The molecule has 1 heterocycles. The molecule has 6 nitrogen and oxygen atoms in total. The SMILES string of the molecule is CN(C)C1(c2ccccc2Cl)C(=O)N(Cc2ccc([N+](=O)[O-])cc2)c2ccc(Cl)cc21. The Morgan fingerprint density at radius 1 is 1.00 bits per heavy atom. The lowest BCUT2D eigenvalue weighted by molar-refractivity contribution is -0.384. The molecule has 4 rings (SSSR count). The molecule has 0 spiro atoms. The molecule has 0 aliphatic carbocycles. The van der Waals surface area contributed by atoms with Gasteiger partial charge in [0.25, 0.3) is 11.6 Å². The summed E-state index contributed by atoms with van der Waals surface area (Å²) >= 11 is 12.9. The highest BCUT2D eigenvalue weighted by Crippen LogP contribution is 2.50. The number of nitro benzene ring substituents is 1. The number of anilines is 1. The zero-order valence-corrected chi connectivity index (χ0v) is 18.4. The van der Waals surface area contributed by atoms with Gasteiger partial charge >= 0.3 is 0 Å². The number of nitro groups is 1. The predicted molar refractivity (Wildman–Crippen MR) is 122 cm³/mol. The number of benzene rings is 3. The molecule has 1 amide bonds. The van der Waals surface area contributed by atoms with Gasteiger partial charge in [-0.15, -0.1) is 0 Å². The summed E-state index contributed by atoms with van der Waals surface area (Å²) < 4.78 is 0. The van der Waals surface area contributed by atoms with Gasteiger partial charge in [-0.05, 0) is 43.9 Å². The Balaban J connectivity index is 1.88. The Labute approximate surface area is 189 Å². The molecule has 0 aromatic heterocycles. The molecule has 1 atom stereocenters. The van der Waals surface area contributed by atoms with Crippen LogP contribution in [0.3, 0.4) is 0 Å². The molecule has 8 heteroatoms. The van der Waals surface area contributed by atoms with Crippen molar-refractivity contribution in [2.75, 3.05) is 19.0 Å². The standard InChI is InChI=1S/C23H19Cl2N3O3/c1-26(2)23(18-5-3-4-6-20(18)25)19-13-16(24)9-12-21(19)27(22(23)29)14-15-7-10-17(11-8-15)28(30)31/h3-13H,14H2,1-2H3. The van der Waals surface area contributed by atoms with Crippen LogP contribution in [0.2, 0.25) is 10.0 Å². The highest BCUT2D eigenvalue weighted by Gasteiger charge is 2.54. The number of likely N-dealkylation sites (N-methyl/N-ethyl adjacent to an activating group) is 1. The van der Waals surface area contributed by atoms with Gasteiger partial charge in [0.1, 0.15) is 0 Å². The number of non-ortho nitro benzene ring substituents is 1. The Morgan fingerprint density at radius 3 is 2.29 bits per heavy atom. The van der Waals surface area contributed by atoms with Crippen molar-refractivity contribution in [2.45, 2.75) is 12.1 Å². The molecule has 158 valence electrons. The number of rotatable bonds is 5. The van der Waals surface area contributed by atoms with E-state index < -0.39 is 10.5 Å². The summed E-state index contributed by atoms with van der Waals surface area (Å²) in [7, 11) is 3.67. The van der Waals surface area contributed by atoms with Crippen LogP contribution in [0, 0.1) is 10.1 Å². The summed E-state index contributed by atoms with van der Waals surface area (Å²) in [4.78, 5) is 28.1. The zero-order chi connectivity index (χ0) is 22.3. The summed E-state index contributed by atoms with van der Waals surface area (Å²) in [5, 5.41) is 12.0. The zero-order valence-electron chi connectivity index (χ0n) is 16.9. The Kier molecular flexibility index (Phi) is 5.47. The number of hydrogen-bond donors (Lipinski definition) is 0. The normalized spacial score (nSPS) is 17.8. The van der Waals surface area contributed by atoms with Crippen LogP contribution < -0.4 is 4.90 Å². The van der Waals surface area contributed by atoms with Gasteiger partial charge < -0.3 is 4.90 Å². The third-order valence-electron chi connectivity index (χ3n) is 5.62. The van der Waals surface area contributed by atoms with Crippen LogP contribution in [-0.4, -0.2) is 29.8 Å². The third-order valence-corrected chi connectivity index (χ3v) is 6.18. The topological polar surface area (TPSA) is 66.7 Å². The molecule has 0 saturated carbocycles. The lowest BCUT2D eigenvalue weighted by atomic mass is 9.82. The van der Waals surface area contributed by atoms with Crippen molar-refractivity contribution >= 4 is 40.5 Å². The van der Waals surface area contributed by atoms with Crippen LogP contribution >= 0.6 is 23.2 Å². The first-order valence-electron chi connectivity index (χ1n) is 9.54. The van der Waals surface area contributed by atoms with E-state index in [-0.39, 0.29) is 18.1 Å². The van der Waals surface area contributed by atoms with E-state index in [1.165, 1.54) is 12.1 Å². The average molecular weight is 456 g/mol. The van der Waals surface area contributed by atoms with Crippen molar-refractivity contribution in [2.24, 2.45) is 0 Å². The first kappa shape index (κ1) is 21.3. The number of amides is 1. The fourth-order valence-electron chi connectivity index (χ4n) is 4.20. The fourth-order valence-corrected chi connectivity index (χ4v) is 4.65. The maximum absolute atomic E-state index is 14.0. The summed E-state index contributed by atoms with van der Waals surface area (Å²) in [6.45, 7) is 0.255. The fraction of sp³-hybridized carbons (Fsp3) is 0.174. The molecule has 1 aliphatic heterocycles. The van der Waals surface area contributed by atoms with Gasteiger partial charge in [0.05, 0.1) is 17.2 Å². The molecule has 0 N–H and O–H groups in total.